The van der Waals surface area contributed by atoms with Gasteiger partial charge >= 0.3 is 0 Å². The highest BCUT2D eigenvalue weighted by atomic mass is 32.1. The van der Waals surface area contributed by atoms with E-state index in [9.17, 15) is 4.79 Å². The topological polar surface area (TPSA) is 49.3 Å². The van der Waals surface area contributed by atoms with Crippen molar-refractivity contribution < 1.29 is 4.79 Å². The number of hydrogen-bond acceptors (Lipinski definition) is 5. The molecule has 2 aliphatic heterocycles. The summed E-state index contributed by atoms with van der Waals surface area (Å²) in [7, 11) is 0. The molecule has 0 aromatic carbocycles. The van der Waals surface area contributed by atoms with E-state index >= 15 is 0 Å². The van der Waals surface area contributed by atoms with Gasteiger partial charge in [-0.05, 0) is 28.8 Å². The maximum Gasteiger partial charge on any atom is 0.229 e. The van der Waals surface area contributed by atoms with Crippen LogP contribution >= 0.6 is 11.3 Å². The average molecular weight is 300 g/mol. The SMILES string of the molecule is O=C1C[C@@H]2[C@@H](CCN2Cc2ccsc2)N1c1cncnc1. The molecule has 1 amide bonds. The third-order valence-electron chi connectivity index (χ3n) is 4.40. The number of carbonyl (C=O) groups is 1. The van der Waals surface area contributed by atoms with Crippen molar-refractivity contribution in [1.29, 1.82) is 0 Å². The van der Waals surface area contributed by atoms with Crippen LogP contribution in [0, 0.1) is 0 Å². The molecule has 2 fully saturated rings. The largest absolute Gasteiger partial charge is 0.305 e. The zero-order valence-corrected chi connectivity index (χ0v) is 12.4. The highest BCUT2D eigenvalue weighted by Gasteiger charge is 2.47. The van der Waals surface area contributed by atoms with Crippen LogP contribution in [-0.2, 0) is 11.3 Å². The Labute approximate surface area is 127 Å². The molecule has 0 saturated carbocycles. The van der Waals surface area contributed by atoms with Gasteiger partial charge in [-0.25, -0.2) is 9.97 Å². The van der Waals surface area contributed by atoms with Gasteiger partial charge in [-0.3, -0.25) is 9.69 Å². The predicted molar refractivity (Wildman–Crippen MR) is 81.1 cm³/mol. The first-order valence-electron chi connectivity index (χ1n) is 7.15. The Morgan fingerprint density at radius 1 is 1.29 bits per heavy atom. The lowest BCUT2D eigenvalue weighted by Crippen LogP contribution is -2.37. The molecule has 21 heavy (non-hydrogen) atoms. The molecule has 0 unspecified atom stereocenters. The van der Waals surface area contributed by atoms with Crippen molar-refractivity contribution in [2.45, 2.75) is 31.5 Å². The summed E-state index contributed by atoms with van der Waals surface area (Å²) in [5, 5.41) is 4.29. The molecule has 2 atom stereocenters. The van der Waals surface area contributed by atoms with Crippen LogP contribution in [0.25, 0.3) is 0 Å². The van der Waals surface area contributed by atoms with Crippen LogP contribution in [0.3, 0.4) is 0 Å². The fourth-order valence-electron chi connectivity index (χ4n) is 3.49. The molecule has 5 nitrogen and oxygen atoms in total. The van der Waals surface area contributed by atoms with E-state index in [1.54, 1.807) is 23.7 Å². The molecule has 2 aliphatic rings. The highest BCUT2D eigenvalue weighted by Crippen LogP contribution is 2.36. The molecule has 2 aromatic heterocycles. The minimum Gasteiger partial charge on any atom is -0.305 e. The molecule has 6 heteroatoms. The minimum absolute atomic E-state index is 0.190. The minimum atomic E-state index is 0.190. The van der Waals surface area contributed by atoms with Crippen LogP contribution < -0.4 is 4.90 Å². The Kier molecular flexibility index (Phi) is 3.20. The Morgan fingerprint density at radius 2 is 2.14 bits per heavy atom. The number of likely N-dealkylation sites (tertiary alicyclic amines) is 1. The lowest BCUT2D eigenvalue weighted by molar-refractivity contribution is -0.117. The molecule has 2 aromatic rings. The number of fused-ring (bicyclic) bond motifs is 1. The Bertz CT molecular complexity index is 630. The molecule has 2 saturated heterocycles. The number of anilines is 1. The normalized spacial score (nSPS) is 25.5. The van der Waals surface area contributed by atoms with Crippen molar-refractivity contribution in [3.8, 4) is 0 Å². The summed E-state index contributed by atoms with van der Waals surface area (Å²) >= 11 is 1.73. The van der Waals surface area contributed by atoms with E-state index in [1.165, 1.54) is 11.9 Å². The first-order chi connectivity index (χ1) is 10.3. The summed E-state index contributed by atoms with van der Waals surface area (Å²) in [6.45, 7) is 1.99. The number of nitrogens with zero attached hydrogens (tertiary/aromatic N) is 4. The van der Waals surface area contributed by atoms with Crippen molar-refractivity contribution in [1.82, 2.24) is 14.9 Å². The second-order valence-corrected chi connectivity index (χ2v) is 6.37. The number of thiophene rings is 1. The van der Waals surface area contributed by atoms with E-state index in [0.717, 1.165) is 25.2 Å². The zero-order chi connectivity index (χ0) is 14.2. The zero-order valence-electron chi connectivity index (χ0n) is 11.6. The summed E-state index contributed by atoms with van der Waals surface area (Å²) < 4.78 is 0. The van der Waals surface area contributed by atoms with Gasteiger partial charge in [-0.2, -0.15) is 11.3 Å². The highest BCUT2D eigenvalue weighted by molar-refractivity contribution is 7.07. The van der Waals surface area contributed by atoms with E-state index in [-0.39, 0.29) is 11.9 Å². The van der Waals surface area contributed by atoms with E-state index in [1.807, 2.05) is 4.90 Å². The molecule has 4 rings (SSSR count). The van der Waals surface area contributed by atoms with Gasteiger partial charge in [0.05, 0.1) is 24.1 Å². The van der Waals surface area contributed by atoms with E-state index in [4.69, 9.17) is 0 Å². The van der Waals surface area contributed by atoms with Gasteiger partial charge in [0.2, 0.25) is 5.91 Å². The van der Waals surface area contributed by atoms with E-state index in [2.05, 4.69) is 31.7 Å². The van der Waals surface area contributed by atoms with Crippen molar-refractivity contribution in [3.63, 3.8) is 0 Å². The molecule has 0 spiro atoms. The van der Waals surface area contributed by atoms with Crippen LogP contribution in [0.1, 0.15) is 18.4 Å². The maximum atomic E-state index is 12.4. The van der Waals surface area contributed by atoms with Crippen molar-refractivity contribution in [3.05, 3.63) is 41.1 Å². The first kappa shape index (κ1) is 12.9. The predicted octanol–water partition coefficient (Wildman–Crippen LogP) is 1.92. The molecule has 4 heterocycles. The molecule has 108 valence electrons. The summed E-state index contributed by atoms with van der Waals surface area (Å²) in [5.41, 5.74) is 2.17. The lowest BCUT2D eigenvalue weighted by Gasteiger charge is -2.24. The molecular formula is C15H16N4OS. The van der Waals surface area contributed by atoms with E-state index < -0.39 is 0 Å². The van der Waals surface area contributed by atoms with Crippen LogP contribution in [0.2, 0.25) is 0 Å². The van der Waals surface area contributed by atoms with Gasteiger partial charge in [0, 0.05) is 25.6 Å². The Balaban J connectivity index is 1.55. The number of hydrogen-bond donors (Lipinski definition) is 0. The molecule has 0 aliphatic carbocycles. The molecule has 0 radical (unpaired) electrons. The van der Waals surface area contributed by atoms with Crippen LogP contribution in [-0.4, -0.2) is 39.4 Å². The fraction of sp³-hybridized carbons (Fsp3) is 0.400. The maximum absolute atomic E-state index is 12.4. The molecule has 0 bridgehead atoms. The van der Waals surface area contributed by atoms with Gasteiger partial charge < -0.3 is 4.90 Å². The third-order valence-corrected chi connectivity index (χ3v) is 5.13. The summed E-state index contributed by atoms with van der Waals surface area (Å²) in [6.07, 6.45) is 6.59. The van der Waals surface area contributed by atoms with Crippen molar-refractivity contribution in [2.75, 3.05) is 11.4 Å². The molecule has 0 N–H and O–H groups in total. The number of aromatic nitrogens is 2. The fourth-order valence-corrected chi connectivity index (χ4v) is 4.15. The van der Waals surface area contributed by atoms with Crippen molar-refractivity contribution in [2.24, 2.45) is 0 Å². The van der Waals surface area contributed by atoms with Gasteiger partial charge in [0.25, 0.3) is 0 Å². The summed E-state index contributed by atoms with van der Waals surface area (Å²) in [6, 6.07) is 2.75. The second kappa shape index (κ2) is 5.20. The number of amides is 1. The molecular weight excluding hydrogens is 284 g/mol. The Morgan fingerprint density at radius 3 is 2.90 bits per heavy atom. The standard InChI is InChI=1S/C15H16N4OS/c20-15-5-14-13(19(15)12-6-16-10-17-7-12)1-3-18(14)8-11-2-4-21-9-11/h2,4,6-7,9-10,13-14H,1,3,5,8H2/t13-,14-/m1/s1. The average Bonchev–Trinajstić information content (AvgIpc) is 3.19. The van der Waals surface area contributed by atoms with Gasteiger partial charge in [-0.15, -0.1) is 0 Å². The van der Waals surface area contributed by atoms with Gasteiger partial charge in [0.1, 0.15) is 6.33 Å². The monoisotopic (exact) mass is 300 g/mol. The van der Waals surface area contributed by atoms with E-state index in [0.29, 0.717) is 12.5 Å². The van der Waals surface area contributed by atoms with Gasteiger partial charge in [-0.1, -0.05) is 0 Å². The smallest absolute Gasteiger partial charge is 0.229 e. The number of carbonyl (C=O) groups excluding carboxylic acids is 1. The summed E-state index contributed by atoms with van der Waals surface area (Å²) in [5.74, 6) is 0.190. The van der Waals surface area contributed by atoms with Crippen LogP contribution in [0.4, 0.5) is 5.69 Å². The van der Waals surface area contributed by atoms with Crippen LogP contribution in [0.5, 0.6) is 0 Å². The Hall–Kier alpha value is -1.79. The second-order valence-electron chi connectivity index (χ2n) is 5.59. The number of rotatable bonds is 3. The van der Waals surface area contributed by atoms with Crippen molar-refractivity contribution >= 4 is 22.9 Å². The third kappa shape index (κ3) is 2.24. The first-order valence-corrected chi connectivity index (χ1v) is 8.09. The summed E-state index contributed by atoms with van der Waals surface area (Å²) in [4.78, 5) is 24.8. The van der Waals surface area contributed by atoms with Crippen LogP contribution in [0.15, 0.2) is 35.5 Å². The van der Waals surface area contributed by atoms with Gasteiger partial charge in [0.15, 0.2) is 0 Å². The lowest BCUT2D eigenvalue weighted by atomic mass is 10.1. The quantitative estimate of drug-likeness (QED) is 0.869.